The second kappa shape index (κ2) is 14.1. The van der Waals surface area contributed by atoms with Crippen molar-refractivity contribution in [3.63, 3.8) is 0 Å². The molecule has 1 heterocycles. The quantitative estimate of drug-likeness (QED) is 0.324. The highest BCUT2D eigenvalue weighted by Crippen LogP contribution is 2.13. The number of benzene rings is 2. The standard InChI is InChI=1S/C29H37N3O3/c1-3-35-21-11-20-31(28(33)18-17-25-12-6-4-7-13-25)24-29(34)32(22-26-14-8-5-9-15-26)23-27-16-10-19-30(27)2/h4-10,12-16,19H,3,11,17-18,20-24H2,1-2H3. The minimum Gasteiger partial charge on any atom is -0.382 e. The van der Waals surface area contributed by atoms with E-state index in [2.05, 4.69) is 0 Å². The van der Waals surface area contributed by atoms with Crippen LogP contribution >= 0.6 is 0 Å². The first-order chi connectivity index (χ1) is 17.1. The van der Waals surface area contributed by atoms with Crippen molar-refractivity contribution in [2.75, 3.05) is 26.3 Å². The van der Waals surface area contributed by atoms with Gasteiger partial charge in [0.25, 0.3) is 0 Å². The first kappa shape index (κ1) is 26.2. The summed E-state index contributed by atoms with van der Waals surface area (Å²) in [6.45, 7) is 4.72. The molecule has 6 heteroatoms. The van der Waals surface area contributed by atoms with Gasteiger partial charge >= 0.3 is 0 Å². The summed E-state index contributed by atoms with van der Waals surface area (Å²) in [4.78, 5) is 30.3. The van der Waals surface area contributed by atoms with Crippen molar-refractivity contribution in [3.05, 3.63) is 95.8 Å². The van der Waals surface area contributed by atoms with E-state index >= 15 is 0 Å². The number of aryl methyl sites for hydroxylation is 2. The van der Waals surface area contributed by atoms with E-state index in [-0.39, 0.29) is 18.4 Å². The zero-order valence-corrected chi connectivity index (χ0v) is 20.9. The first-order valence-corrected chi connectivity index (χ1v) is 12.4. The Bertz CT molecular complexity index is 1030. The van der Waals surface area contributed by atoms with Crippen molar-refractivity contribution in [3.8, 4) is 0 Å². The number of ether oxygens (including phenoxy) is 1. The van der Waals surface area contributed by atoms with Crippen LogP contribution in [0.15, 0.2) is 79.0 Å². The molecule has 186 valence electrons. The number of hydrogen-bond acceptors (Lipinski definition) is 3. The first-order valence-electron chi connectivity index (χ1n) is 12.4. The van der Waals surface area contributed by atoms with Crippen molar-refractivity contribution < 1.29 is 14.3 Å². The molecule has 0 aliphatic heterocycles. The summed E-state index contributed by atoms with van der Waals surface area (Å²) in [6.07, 6.45) is 3.72. The highest BCUT2D eigenvalue weighted by atomic mass is 16.5. The fourth-order valence-electron chi connectivity index (χ4n) is 4.00. The summed E-state index contributed by atoms with van der Waals surface area (Å²) in [5.41, 5.74) is 3.23. The van der Waals surface area contributed by atoms with Crippen molar-refractivity contribution >= 4 is 11.8 Å². The molecular formula is C29H37N3O3. The van der Waals surface area contributed by atoms with Gasteiger partial charge in [0, 0.05) is 51.7 Å². The maximum Gasteiger partial charge on any atom is 0.242 e. The van der Waals surface area contributed by atoms with Gasteiger partial charge in [-0.25, -0.2) is 0 Å². The largest absolute Gasteiger partial charge is 0.382 e. The molecular weight excluding hydrogens is 438 g/mol. The molecule has 0 aliphatic rings. The van der Waals surface area contributed by atoms with Gasteiger partial charge in [0.1, 0.15) is 0 Å². The van der Waals surface area contributed by atoms with E-state index in [1.807, 2.05) is 102 Å². The van der Waals surface area contributed by atoms with Crippen LogP contribution in [0.2, 0.25) is 0 Å². The van der Waals surface area contributed by atoms with E-state index in [4.69, 9.17) is 4.74 Å². The van der Waals surface area contributed by atoms with E-state index in [9.17, 15) is 9.59 Å². The van der Waals surface area contributed by atoms with Crippen molar-refractivity contribution in [2.24, 2.45) is 7.05 Å². The van der Waals surface area contributed by atoms with E-state index in [1.54, 1.807) is 4.90 Å². The zero-order chi connectivity index (χ0) is 24.9. The molecule has 2 aromatic carbocycles. The Morgan fingerprint density at radius 3 is 2.14 bits per heavy atom. The minimum absolute atomic E-state index is 0.00257. The Morgan fingerprint density at radius 2 is 1.51 bits per heavy atom. The topological polar surface area (TPSA) is 54.8 Å². The molecule has 3 aromatic rings. The van der Waals surface area contributed by atoms with Crippen LogP contribution in [0.3, 0.4) is 0 Å². The van der Waals surface area contributed by atoms with Crippen LogP contribution in [0.1, 0.15) is 36.6 Å². The Labute approximate surface area is 209 Å². The van der Waals surface area contributed by atoms with Crippen LogP contribution in [-0.2, 0) is 40.9 Å². The normalized spacial score (nSPS) is 10.8. The van der Waals surface area contributed by atoms with Gasteiger partial charge in [-0.2, -0.15) is 0 Å². The van der Waals surface area contributed by atoms with Crippen molar-refractivity contribution in [2.45, 2.75) is 39.3 Å². The van der Waals surface area contributed by atoms with E-state index in [1.165, 1.54) is 0 Å². The smallest absolute Gasteiger partial charge is 0.242 e. The molecule has 0 spiro atoms. The lowest BCUT2D eigenvalue weighted by Gasteiger charge is -2.28. The zero-order valence-electron chi connectivity index (χ0n) is 20.9. The van der Waals surface area contributed by atoms with E-state index in [0.29, 0.717) is 52.1 Å². The van der Waals surface area contributed by atoms with Gasteiger partial charge in [0.05, 0.1) is 13.1 Å². The number of carbonyl (C=O) groups is 2. The molecule has 2 amide bonds. The van der Waals surface area contributed by atoms with Crippen molar-refractivity contribution in [1.29, 1.82) is 0 Å². The second-order valence-electron chi connectivity index (χ2n) is 8.70. The molecule has 3 rings (SSSR count). The SMILES string of the molecule is CCOCCCN(CC(=O)N(Cc1ccccc1)Cc1cccn1C)C(=O)CCc1ccccc1. The molecule has 0 atom stereocenters. The second-order valence-corrected chi connectivity index (χ2v) is 8.70. The summed E-state index contributed by atoms with van der Waals surface area (Å²) < 4.78 is 7.50. The molecule has 0 radical (unpaired) electrons. The maximum atomic E-state index is 13.6. The Kier molecular flexibility index (Phi) is 10.6. The lowest BCUT2D eigenvalue weighted by molar-refractivity contribution is -0.141. The predicted molar refractivity (Wildman–Crippen MR) is 139 cm³/mol. The number of amides is 2. The van der Waals surface area contributed by atoms with Crippen LogP contribution in [-0.4, -0.2) is 52.5 Å². The van der Waals surface area contributed by atoms with Crippen molar-refractivity contribution in [1.82, 2.24) is 14.4 Å². The molecule has 1 aromatic heterocycles. The molecule has 0 unspecified atom stereocenters. The average Bonchev–Trinajstić information content (AvgIpc) is 3.29. The molecule has 0 aliphatic carbocycles. The predicted octanol–water partition coefficient (Wildman–Crippen LogP) is 4.44. The number of carbonyl (C=O) groups excluding carboxylic acids is 2. The monoisotopic (exact) mass is 475 g/mol. The fourth-order valence-corrected chi connectivity index (χ4v) is 4.00. The maximum absolute atomic E-state index is 13.6. The van der Waals surface area contributed by atoms with Gasteiger partial charge in [-0.05, 0) is 43.0 Å². The lowest BCUT2D eigenvalue weighted by Crippen LogP contribution is -2.43. The molecule has 0 fully saturated rings. The Balaban J connectivity index is 1.70. The van der Waals surface area contributed by atoms with Gasteiger partial charge in [-0.3, -0.25) is 9.59 Å². The van der Waals surface area contributed by atoms with Gasteiger partial charge in [-0.1, -0.05) is 60.7 Å². The van der Waals surface area contributed by atoms with Gasteiger partial charge in [0.15, 0.2) is 0 Å². The molecule has 0 N–H and O–H groups in total. The summed E-state index contributed by atoms with van der Waals surface area (Å²) in [7, 11) is 1.98. The molecule has 6 nitrogen and oxygen atoms in total. The van der Waals surface area contributed by atoms with E-state index in [0.717, 1.165) is 16.8 Å². The van der Waals surface area contributed by atoms with E-state index < -0.39 is 0 Å². The summed E-state index contributed by atoms with van der Waals surface area (Å²) in [6, 6.07) is 24.0. The third-order valence-electron chi connectivity index (χ3n) is 6.04. The van der Waals surface area contributed by atoms with Crippen LogP contribution in [0.5, 0.6) is 0 Å². The van der Waals surface area contributed by atoms with Crippen LogP contribution < -0.4 is 0 Å². The number of aromatic nitrogens is 1. The number of rotatable bonds is 14. The Hall–Kier alpha value is -3.38. The molecule has 35 heavy (non-hydrogen) atoms. The minimum atomic E-state index is -0.0560. The summed E-state index contributed by atoms with van der Waals surface area (Å²) in [5, 5.41) is 0. The molecule has 0 bridgehead atoms. The van der Waals surface area contributed by atoms with Gasteiger partial charge in [-0.15, -0.1) is 0 Å². The third kappa shape index (κ3) is 8.72. The summed E-state index contributed by atoms with van der Waals surface area (Å²) in [5.74, 6) is -0.0586. The third-order valence-corrected chi connectivity index (χ3v) is 6.04. The molecule has 0 saturated heterocycles. The fraction of sp³-hybridized carbons (Fsp3) is 0.379. The van der Waals surface area contributed by atoms with Crippen LogP contribution in [0.4, 0.5) is 0 Å². The van der Waals surface area contributed by atoms with Crippen LogP contribution in [0.25, 0.3) is 0 Å². The number of nitrogens with zero attached hydrogens (tertiary/aromatic N) is 3. The summed E-state index contributed by atoms with van der Waals surface area (Å²) >= 11 is 0. The molecule has 0 saturated carbocycles. The highest BCUT2D eigenvalue weighted by Gasteiger charge is 2.22. The lowest BCUT2D eigenvalue weighted by atomic mass is 10.1. The number of hydrogen-bond donors (Lipinski definition) is 0. The highest BCUT2D eigenvalue weighted by molar-refractivity contribution is 5.85. The van der Waals surface area contributed by atoms with Gasteiger partial charge in [0.2, 0.25) is 11.8 Å². The van der Waals surface area contributed by atoms with Gasteiger partial charge < -0.3 is 19.1 Å². The van der Waals surface area contributed by atoms with Crippen LogP contribution in [0, 0.1) is 0 Å². The Morgan fingerprint density at radius 1 is 0.829 bits per heavy atom. The average molecular weight is 476 g/mol.